The molecule has 0 spiro atoms. The van der Waals surface area contributed by atoms with Crippen molar-refractivity contribution in [2.24, 2.45) is 5.92 Å². The zero-order chi connectivity index (χ0) is 8.27. The van der Waals surface area contributed by atoms with Crippen molar-refractivity contribution in [1.29, 1.82) is 0 Å². The molecule has 1 aliphatic rings. The zero-order valence-electron chi connectivity index (χ0n) is 7.30. The van der Waals surface area contributed by atoms with E-state index in [1.165, 1.54) is 0 Å². The van der Waals surface area contributed by atoms with Gasteiger partial charge in [-0.25, -0.2) is 0 Å². The van der Waals surface area contributed by atoms with Crippen molar-refractivity contribution in [3.8, 4) is 0 Å². The van der Waals surface area contributed by atoms with Gasteiger partial charge in [-0.1, -0.05) is 6.92 Å². The Morgan fingerprint density at radius 1 is 1.64 bits per heavy atom. The molecule has 0 bridgehead atoms. The Morgan fingerprint density at radius 2 is 2.36 bits per heavy atom. The largest absolute Gasteiger partial charge is 0.378 e. The van der Waals surface area contributed by atoms with E-state index in [1.54, 1.807) is 0 Å². The zero-order valence-corrected chi connectivity index (χ0v) is 7.30. The number of ether oxygens (including phenoxy) is 1. The molecule has 1 aliphatic heterocycles. The molecule has 1 rings (SSSR count). The fourth-order valence-electron chi connectivity index (χ4n) is 1.58. The Balaban J connectivity index is 2.39. The molecule has 0 aromatic rings. The number of hydrogen-bond donors (Lipinski definition) is 0. The van der Waals surface area contributed by atoms with Gasteiger partial charge in [-0.3, -0.25) is 4.79 Å². The van der Waals surface area contributed by atoms with Crippen LogP contribution in [0.25, 0.3) is 0 Å². The molecule has 0 N–H and O–H groups in total. The lowest BCUT2D eigenvalue weighted by molar-refractivity contribution is -0.127. The van der Waals surface area contributed by atoms with E-state index in [-0.39, 0.29) is 12.0 Å². The number of carbonyl (C=O) groups is 1. The van der Waals surface area contributed by atoms with Gasteiger partial charge in [0.05, 0.1) is 6.10 Å². The molecule has 0 radical (unpaired) electrons. The summed E-state index contributed by atoms with van der Waals surface area (Å²) in [7, 11) is 0. The minimum Gasteiger partial charge on any atom is -0.378 e. The molecule has 0 saturated carbocycles. The highest BCUT2D eigenvalue weighted by atomic mass is 16.5. The number of ketones is 1. The summed E-state index contributed by atoms with van der Waals surface area (Å²) in [4.78, 5) is 11.3. The predicted octanol–water partition coefficient (Wildman–Crippen LogP) is 1.78. The van der Waals surface area contributed by atoms with Crippen LogP contribution in [0, 0.1) is 5.92 Å². The Kier molecular flexibility index (Phi) is 3.06. The topological polar surface area (TPSA) is 26.3 Å². The summed E-state index contributed by atoms with van der Waals surface area (Å²) in [6.07, 6.45) is 2.81. The molecule has 2 atom stereocenters. The lowest BCUT2D eigenvalue weighted by Gasteiger charge is -2.25. The molecule has 0 amide bonds. The quantitative estimate of drug-likeness (QED) is 0.609. The van der Waals surface area contributed by atoms with Gasteiger partial charge in [0.2, 0.25) is 0 Å². The van der Waals surface area contributed by atoms with Gasteiger partial charge in [-0.2, -0.15) is 0 Å². The molecule has 2 nitrogen and oxygen atoms in total. The van der Waals surface area contributed by atoms with Crippen LogP contribution < -0.4 is 0 Å². The van der Waals surface area contributed by atoms with Gasteiger partial charge < -0.3 is 4.74 Å². The van der Waals surface area contributed by atoms with E-state index in [4.69, 9.17) is 4.74 Å². The van der Waals surface area contributed by atoms with Gasteiger partial charge in [0.1, 0.15) is 5.78 Å². The molecule has 0 aromatic heterocycles. The van der Waals surface area contributed by atoms with Crippen molar-refractivity contribution in [2.45, 2.75) is 39.2 Å². The molecule has 1 fully saturated rings. The second kappa shape index (κ2) is 3.86. The molecule has 0 aliphatic carbocycles. The van der Waals surface area contributed by atoms with Crippen molar-refractivity contribution in [3.05, 3.63) is 0 Å². The minimum atomic E-state index is 0.281. The summed E-state index contributed by atoms with van der Waals surface area (Å²) in [6.45, 7) is 4.73. The first-order chi connectivity index (χ1) is 5.24. The molecule has 2 heteroatoms. The van der Waals surface area contributed by atoms with Gasteiger partial charge in [0.25, 0.3) is 0 Å². The van der Waals surface area contributed by atoms with E-state index in [2.05, 4.69) is 0 Å². The second-order valence-corrected chi connectivity index (χ2v) is 3.22. The maximum absolute atomic E-state index is 11.3. The highest BCUT2D eigenvalue weighted by molar-refractivity contribution is 5.80. The van der Waals surface area contributed by atoms with E-state index >= 15 is 0 Å². The van der Waals surface area contributed by atoms with Gasteiger partial charge in [-0.05, 0) is 19.8 Å². The van der Waals surface area contributed by atoms with Crippen LogP contribution in [0.5, 0.6) is 0 Å². The van der Waals surface area contributed by atoms with Crippen molar-refractivity contribution < 1.29 is 9.53 Å². The molecule has 64 valence electrons. The first kappa shape index (κ1) is 8.72. The van der Waals surface area contributed by atoms with Crippen LogP contribution in [0.4, 0.5) is 0 Å². The third-order valence-electron chi connectivity index (χ3n) is 2.29. The SMILES string of the molecule is CCC(=O)C1CCOC(C)C1. The van der Waals surface area contributed by atoms with E-state index < -0.39 is 0 Å². The minimum absolute atomic E-state index is 0.281. The van der Waals surface area contributed by atoms with Crippen LogP contribution in [-0.4, -0.2) is 18.5 Å². The van der Waals surface area contributed by atoms with Crippen LogP contribution in [0.2, 0.25) is 0 Å². The van der Waals surface area contributed by atoms with Crippen molar-refractivity contribution in [1.82, 2.24) is 0 Å². The van der Waals surface area contributed by atoms with Crippen LogP contribution in [0.1, 0.15) is 33.1 Å². The molecule has 2 unspecified atom stereocenters. The molecule has 0 aromatic carbocycles. The van der Waals surface area contributed by atoms with E-state index in [1.807, 2.05) is 13.8 Å². The standard InChI is InChI=1S/C9H16O2/c1-3-9(10)8-4-5-11-7(2)6-8/h7-8H,3-6H2,1-2H3. The monoisotopic (exact) mass is 156 g/mol. The van der Waals surface area contributed by atoms with Gasteiger partial charge >= 0.3 is 0 Å². The van der Waals surface area contributed by atoms with E-state index in [0.29, 0.717) is 12.2 Å². The number of hydrogen-bond acceptors (Lipinski definition) is 2. The highest BCUT2D eigenvalue weighted by Gasteiger charge is 2.23. The third-order valence-corrected chi connectivity index (χ3v) is 2.29. The Hall–Kier alpha value is -0.370. The maximum atomic E-state index is 11.3. The summed E-state index contributed by atoms with van der Waals surface area (Å²) in [6, 6.07) is 0. The van der Waals surface area contributed by atoms with E-state index in [9.17, 15) is 4.79 Å². The lowest BCUT2D eigenvalue weighted by atomic mass is 9.91. The average Bonchev–Trinajstić information content (AvgIpc) is 2.03. The van der Waals surface area contributed by atoms with Crippen molar-refractivity contribution >= 4 is 5.78 Å². The lowest BCUT2D eigenvalue weighted by Crippen LogP contribution is -2.28. The Bertz CT molecular complexity index is 142. The summed E-state index contributed by atoms with van der Waals surface area (Å²) >= 11 is 0. The summed E-state index contributed by atoms with van der Waals surface area (Å²) in [5.74, 6) is 0.684. The normalized spacial score (nSPS) is 31.8. The predicted molar refractivity (Wildman–Crippen MR) is 43.4 cm³/mol. The smallest absolute Gasteiger partial charge is 0.135 e. The fourth-order valence-corrected chi connectivity index (χ4v) is 1.58. The van der Waals surface area contributed by atoms with Crippen molar-refractivity contribution in [3.63, 3.8) is 0 Å². The van der Waals surface area contributed by atoms with Crippen LogP contribution in [0.3, 0.4) is 0 Å². The molecule has 1 heterocycles. The summed E-state index contributed by atoms with van der Waals surface area (Å²) < 4.78 is 5.35. The first-order valence-corrected chi connectivity index (χ1v) is 4.38. The van der Waals surface area contributed by atoms with Crippen LogP contribution in [-0.2, 0) is 9.53 Å². The van der Waals surface area contributed by atoms with Gasteiger partial charge in [-0.15, -0.1) is 0 Å². The summed E-state index contributed by atoms with van der Waals surface area (Å²) in [5, 5.41) is 0. The van der Waals surface area contributed by atoms with Crippen LogP contribution in [0.15, 0.2) is 0 Å². The third kappa shape index (κ3) is 2.29. The number of carbonyl (C=O) groups excluding carboxylic acids is 1. The summed E-state index contributed by atoms with van der Waals surface area (Å²) in [5.41, 5.74) is 0. The maximum Gasteiger partial charge on any atom is 0.135 e. The Labute approximate surface area is 67.9 Å². The fraction of sp³-hybridized carbons (Fsp3) is 0.889. The molecule has 1 saturated heterocycles. The first-order valence-electron chi connectivity index (χ1n) is 4.38. The number of rotatable bonds is 2. The van der Waals surface area contributed by atoms with Gasteiger partial charge in [0, 0.05) is 18.9 Å². The van der Waals surface area contributed by atoms with Gasteiger partial charge in [0.15, 0.2) is 0 Å². The molecular formula is C9H16O2. The Morgan fingerprint density at radius 3 is 2.91 bits per heavy atom. The highest BCUT2D eigenvalue weighted by Crippen LogP contribution is 2.21. The second-order valence-electron chi connectivity index (χ2n) is 3.22. The van der Waals surface area contributed by atoms with E-state index in [0.717, 1.165) is 19.4 Å². The van der Waals surface area contributed by atoms with Crippen LogP contribution >= 0.6 is 0 Å². The average molecular weight is 156 g/mol. The van der Waals surface area contributed by atoms with Crippen molar-refractivity contribution in [2.75, 3.05) is 6.61 Å². The molecule has 11 heavy (non-hydrogen) atoms. The molecular weight excluding hydrogens is 140 g/mol. The number of Topliss-reactive ketones (excluding diaryl/α,β-unsaturated/α-hetero) is 1.